The average Bonchev–Trinajstić information content (AvgIpc) is 2.88. The number of fused-ring (bicyclic) bond motifs is 1. The third kappa shape index (κ3) is 3.48. The molecule has 2 aliphatic rings. The molecule has 1 fully saturated rings. The molecule has 1 atom stereocenters. The van der Waals surface area contributed by atoms with Gasteiger partial charge in [0.05, 0.1) is 11.1 Å². The molecule has 2 heterocycles. The molecule has 0 saturated carbocycles. The molecule has 9 heteroatoms. The molecular weight excluding hydrogens is 378 g/mol. The number of carbonyl (C=O) groups excluding carboxylic acids is 4. The number of hydrogen-bond acceptors (Lipinski definition) is 6. The van der Waals surface area contributed by atoms with Crippen molar-refractivity contribution >= 4 is 35.3 Å². The first-order chi connectivity index (χ1) is 13.4. The van der Waals surface area contributed by atoms with Crippen LogP contribution in [0.25, 0.3) is 0 Å². The Kier molecular flexibility index (Phi) is 4.94. The van der Waals surface area contributed by atoms with Crippen LogP contribution >= 0.6 is 0 Å². The summed E-state index contributed by atoms with van der Waals surface area (Å²) in [6.07, 6.45) is 0.162. The second-order valence-corrected chi connectivity index (χ2v) is 8.21. The number of carboxylic acid groups (broad SMARTS) is 1. The first kappa shape index (κ1) is 20.5. The Labute approximate surface area is 167 Å². The maximum atomic E-state index is 13.0. The monoisotopic (exact) mass is 401 g/mol. The van der Waals surface area contributed by atoms with Crippen LogP contribution in [0, 0.1) is 0 Å². The van der Waals surface area contributed by atoms with E-state index in [2.05, 4.69) is 0 Å². The Bertz CT molecular complexity index is 933. The summed E-state index contributed by atoms with van der Waals surface area (Å²) in [6, 6.07) is 3.55. The van der Waals surface area contributed by atoms with Crippen molar-refractivity contribution in [3.05, 3.63) is 29.3 Å². The van der Waals surface area contributed by atoms with E-state index in [1.807, 2.05) is 20.8 Å². The SMILES string of the molecule is CN1C(=O)CCC(N2C(=O)c3ccc(N(CC(=O)O)C(C)(C)C)cc3C2=O)C1=O. The van der Waals surface area contributed by atoms with E-state index in [0.717, 1.165) is 9.80 Å². The molecule has 4 amide bonds. The summed E-state index contributed by atoms with van der Waals surface area (Å²) in [5, 5.41) is 9.24. The zero-order chi connectivity index (χ0) is 21.7. The van der Waals surface area contributed by atoms with Crippen molar-refractivity contribution < 1.29 is 29.1 Å². The zero-order valence-corrected chi connectivity index (χ0v) is 16.8. The van der Waals surface area contributed by atoms with Crippen LogP contribution in [0.2, 0.25) is 0 Å². The summed E-state index contributed by atoms with van der Waals surface area (Å²) in [5.74, 6) is -3.15. The van der Waals surface area contributed by atoms with Crippen molar-refractivity contribution in [2.45, 2.75) is 45.2 Å². The molecule has 1 N–H and O–H groups in total. The molecule has 1 aromatic carbocycles. The number of carboxylic acids is 1. The number of piperidine rings is 1. The Morgan fingerprint density at radius 3 is 2.34 bits per heavy atom. The van der Waals surface area contributed by atoms with Crippen LogP contribution in [0.3, 0.4) is 0 Å². The molecule has 0 radical (unpaired) electrons. The van der Waals surface area contributed by atoms with Gasteiger partial charge in [0.2, 0.25) is 5.91 Å². The highest BCUT2D eigenvalue weighted by Crippen LogP contribution is 2.33. The van der Waals surface area contributed by atoms with Crippen molar-refractivity contribution in [3.63, 3.8) is 0 Å². The number of imide groups is 2. The standard InChI is InChI=1S/C20H23N3O6/c1-20(2,3)22(10-16(25)26)11-5-6-12-13(9-11)18(28)23(17(12)27)14-7-8-15(24)21(4)19(14)29/h5-6,9,14H,7-8,10H2,1-4H3,(H,25,26). The van der Waals surface area contributed by atoms with Crippen molar-refractivity contribution in [1.82, 2.24) is 9.80 Å². The Hall–Kier alpha value is -3.23. The van der Waals surface area contributed by atoms with Gasteiger partial charge in [0.15, 0.2) is 0 Å². The van der Waals surface area contributed by atoms with E-state index in [1.54, 1.807) is 11.0 Å². The predicted octanol–water partition coefficient (Wildman–Crippen LogP) is 1.12. The number of carbonyl (C=O) groups is 5. The van der Waals surface area contributed by atoms with Crippen molar-refractivity contribution in [2.75, 3.05) is 18.5 Å². The van der Waals surface area contributed by atoms with E-state index in [-0.39, 0.29) is 36.4 Å². The number of likely N-dealkylation sites (tertiary alicyclic amines) is 1. The highest BCUT2D eigenvalue weighted by atomic mass is 16.4. The van der Waals surface area contributed by atoms with Gasteiger partial charge in [0, 0.05) is 24.7 Å². The summed E-state index contributed by atoms with van der Waals surface area (Å²) >= 11 is 0. The Balaban J connectivity index is 1.97. The van der Waals surface area contributed by atoms with Gasteiger partial charge in [-0.3, -0.25) is 33.8 Å². The normalized spacial score (nSPS) is 19.7. The number of aliphatic carboxylic acids is 1. The highest BCUT2D eigenvalue weighted by Gasteiger charge is 2.46. The van der Waals surface area contributed by atoms with Gasteiger partial charge in [-0.25, -0.2) is 0 Å². The maximum absolute atomic E-state index is 13.0. The van der Waals surface area contributed by atoms with Gasteiger partial charge in [-0.15, -0.1) is 0 Å². The average molecular weight is 401 g/mol. The van der Waals surface area contributed by atoms with E-state index < -0.39 is 35.3 Å². The molecule has 3 rings (SSSR count). The fraction of sp³-hybridized carbons (Fsp3) is 0.450. The van der Waals surface area contributed by atoms with Gasteiger partial charge in [0.1, 0.15) is 12.6 Å². The van der Waals surface area contributed by atoms with Crippen molar-refractivity contribution in [2.24, 2.45) is 0 Å². The van der Waals surface area contributed by atoms with Crippen LogP contribution in [0.4, 0.5) is 5.69 Å². The number of rotatable bonds is 4. The lowest BCUT2D eigenvalue weighted by Crippen LogP contribution is -2.54. The smallest absolute Gasteiger partial charge is 0.323 e. The molecule has 0 aliphatic carbocycles. The number of benzene rings is 1. The maximum Gasteiger partial charge on any atom is 0.323 e. The molecule has 154 valence electrons. The van der Waals surface area contributed by atoms with Crippen molar-refractivity contribution in [3.8, 4) is 0 Å². The molecule has 9 nitrogen and oxygen atoms in total. The van der Waals surface area contributed by atoms with E-state index in [0.29, 0.717) is 5.69 Å². The summed E-state index contributed by atoms with van der Waals surface area (Å²) in [5.41, 5.74) is 0.235. The number of nitrogens with zero attached hydrogens (tertiary/aromatic N) is 3. The number of amides is 4. The van der Waals surface area contributed by atoms with Gasteiger partial charge in [-0.2, -0.15) is 0 Å². The van der Waals surface area contributed by atoms with E-state index >= 15 is 0 Å². The first-order valence-corrected chi connectivity index (χ1v) is 9.25. The van der Waals surface area contributed by atoms with Gasteiger partial charge in [-0.1, -0.05) is 0 Å². The summed E-state index contributed by atoms with van der Waals surface area (Å²) < 4.78 is 0. The number of hydrogen-bond donors (Lipinski definition) is 1. The third-order valence-electron chi connectivity index (χ3n) is 5.25. The molecule has 29 heavy (non-hydrogen) atoms. The molecule has 1 saturated heterocycles. The van der Waals surface area contributed by atoms with Crippen LogP contribution in [0.1, 0.15) is 54.3 Å². The minimum absolute atomic E-state index is 0.0714. The molecule has 0 aromatic heterocycles. The van der Waals surface area contributed by atoms with Gasteiger partial charge < -0.3 is 10.0 Å². The Morgan fingerprint density at radius 1 is 1.14 bits per heavy atom. The molecule has 0 bridgehead atoms. The van der Waals surface area contributed by atoms with Crippen LogP contribution in [-0.2, 0) is 14.4 Å². The molecular formula is C20H23N3O6. The highest BCUT2D eigenvalue weighted by molar-refractivity contribution is 6.23. The van der Waals surface area contributed by atoms with E-state index in [9.17, 15) is 29.1 Å². The number of anilines is 1. The minimum Gasteiger partial charge on any atom is -0.480 e. The largest absolute Gasteiger partial charge is 0.480 e. The van der Waals surface area contributed by atoms with Crippen LogP contribution < -0.4 is 4.90 Å². The summed E-state index contributed by atoms with van der Waals surface area (Å²) in [6.45, 7) is 5.25. The quantitative estimate of drug-likeness (QED) is 0.752. The summed E-state index contributed by atoms with van der Waals surface area (Å²) in [7, 11) is 1.33. The van der Waals surface area contributed by atoms with Crippen LogP contribution in [-0.4, -0.2) is 69.7 Å². The van der Waals surface area contributed by atoms with E-state index in [1.165, 1.54) is 19.2 Å². The van der Waals surface area contributed by atoms with Gasteiger partial charge >= 0.3 is 5.97 Å². The summed E-state index contributed by atoms with van der Waals surface area (Å²) in [4.78, 5) is 64.8. The fourth-order valence-electron chi connectivity index (χ4n) is 3.69. The first-order valence-electron chi connectivity index (χ1n) is 9.25. The van der Waals surface area contributed by atoms with E-state index in [4.69, 9.17) is 0 Å². The van der Waals surface area contributed by atoms with Gasteiger partial charge in [0.25, 0.3) is 17.7 Å². The zero-order valence-electron chi connectivity index (χ0n) is 16.8. The van der Waals surface area contributed by atoms with Crippen LogP contribution in [0.15, 0.2) is 18.2 Å². The molecule has 2 aliphatic heterocycles. The lowest BCUT2D eigenvalue weighted by Gasteiger charge is -2.36. The number of likely N-dealkylation sites (N-methyl/N-ethyl adjacent to an activating group) is 1. The second-order valence-electron chi connectivity index (χ2n) is 8.21. The third-order valence-corrected chi connectivity index (χ3v) is 5.25. The topological polar surface area (TPSA) is 115 Å². The second kappa shape index (κ2) is 6.98. The minimum atomic E-state index is -1.02. The Morgan fingerprint density at radius 2 is 1.76 bits per heavy atom. The molecule has 0 spiro atoms. The lowest BCUT2D eigenvalue weighted by atomic mass is 10.0. The molecule has 1 unspecified atom stereocenters. The van der Waals surface area contributed by atoms with Crippen molar-refractivity contribution in [1.29, 1.82) is 0 Å². The predicted molar refractivity (Wildman–Crippen MR) is 102 cm³/mol. The van der Waals surface area contributed by atoms with Crippen LogP contribution in [0.5, 0.6) is 0 Å². The fourth-order valence-corrected chi connectivity index (χ4v) is 3.69. The lowest BCUT2D eigenvalue weighted by molar-refractivity contribution is -0.149. The van der Waals surface area contributed by atoms with Gasteiger partial charge in [-0.05, 0) is 45.4 Å². The molecule has 1 aromatic rings.